The molecule has 4 fully saturated rings. The molecule has 10 heteroatoms. The summed E-state index contributed by atoms with van der Waals surface area (Å²) in [5, 5.41) is 12.9. The van der Waals surface area contributed by atoms with Crippen LogP contribution in [0.3, 0.4) is 0 Å². The summed E-state index contributed by atoms with van der Waals surface area (Å²) in [6.45, 7) is 4.77. The van der Waals surface area contributed by atoms with Crippen LogP contribution < -0.4 is 5.32 Å². The lowest BCUT2D eigenvalue weighted by atomic mass is 9.77. The number of carbonyl (C=O) groups is 2. The highest BCUT2D eigenvalue weighted by Crippen LogP contribution is 2.52. The average Bonchev–Trinajstić information content (AvgIpc) is 3.61. The van der Waals surface area contributed by atoms with Crippen molar-refractivity contribution < 1.29 is 23.1 Å². The fraction of sp³-hybridized carbons (Fsp3) is 0.679. The number of sulfonamides is 1. The van der Waals surface area contributed by atoms with Crippen molar-refractivity contribution in [1.82, 2.24) is 15.1 Å². The first-order valence-electron chi connectivity index (χ1n) is 14.2. The number of carbonyl (C=O) groups excluding carboxylic acids is 1. The number of rotatable bonds is 6. The standard InChI is InChI=1S/C28H38N4O5S/c33-27(24-18-9-10-19(15-18)25(24)28(34)35)29-16-20-5-1-2-6-21(20)17-31-11-13-32(14-12-31)26-22-7-3-4-8-23(22)38(36,37)30-26/h3-4,7-8,18-21,24-25H,1-2,5-6,9-17H2,(H,29,33)(H,34,35)/t18-,19+,20+,21+,24+,25-/m1/s1. The molecule has 0 aromatic heterocycles. The van der Waals surface area contributed by atoms with Gasteiger partial charge in [-0.2, -0.15) is 8.42 Å². The number of amidine groups is 1. The maximum Gasteiger partial charge on any atom is 0.307 e. The van der Waals surface area contributed by atoms with Crippen molar-refractivity contribution in [2.75, 3.05) is 39.3 Å². The van der Waals surface area contributed by atoms with E-state index in [9.17, 15) is 23.1 Å². The van der Waals surface area contributed by atoms with Gasteiger partial charge in [0.15, 0.2) is 5.84 Å². The van der Waals surface area contributed by atoms with Gasteiger partial charge in [0.25, 0.3) is 10.0 Å². The number of carboxylic acids is 1. The maximum absolute atomic E-state index is 13.1. The Morgan fingerprint density at radius 1 is 0.947 bits per heavy atom. The SMILES string of the molecule is O=C(O)[C@@H]1[C@H]2CC[C@H](C2)[C@@H]1C(=O)NC[C@@H]1CCCC[C@H]1CN1CCN(C2=NS(=O)(=O)c3ccccc32)CC1. The van der Waals surface area contributed by atoms with Gasteiger partial charge in [-0.15, -0.1) is 4.40 Å². The van der Waals surface area contributed by atoms with Crippen molar-refractivity contribution >= 4 is 27.7 Å². The normalized spacial score (nSPS) is 34.1. The third-order valence-corrected chi connectivity index (χ3v) is 11.2. The van der Waals surface area contributed by atoms with Gasteiger partial charge in [-0.25, -0.2) is 0 Å². The highest BCUT2D eigenvalue weighted by atomic mass is 32.2. The maximum atomic E-state index is 13.1. The van der Waals surface area contributed by atoms with E-state index in [4.69, 9.17) is 0 Å². The fourth-order valence-electron chi connectivity index (χ4n) is 7.96. The summed E-state index contributed by atoms with van der Waals surface area (Å²) >= 11 is 0. The van der Waals surface area contributed by atoms with Crippen molar-refractivity contribution in [2.45, 2.75) is 49.8 Å². The average molecular weight is 543 g/mol. The Hall–Kier alpha value is -2.46. The molecule has 206 valence electrons. The van der Waals surface area contributed by atoms with Crippen LogP contribution in [0.4, 0.5) is 0 Å². The number of aliphatic carboxylic acids is 1. The highest BCUT2D eigenvalue weighted by Gasteiger charge is 2.54. The minimum atomic E-state index is -3.61. The third kappa shape index (κ3) is 4.74. The molecule has 38 heavy (non-hydrogen) atoms. The van der Waals surface area contributed by atoms with Gasteiger partial charge in [0, 0.05) is 44.8 Å². The van der Waals surface area contributed by atoms with Crippen LogP contribution in [-0.2, 0) is 19.6 Å². The van der Waals surface area contributed by atoms with Gasteiger partial charge in [0.2, 0.25) is 5.91 Å². The number of nitrogens with zero attached hydrogens (tertiary/aromatic N) is 3. The molecule has 1 amide bonds. The van der Waals surface area contributed by atoms with Gasteiger partial charge in [-0.05, 0) is 67.9 Å². The summed E-state index contributed by atoms with van der Waals surface area (Å²) in [5.74, 6) is 0.127. The summed E-state index contributed by atoms with van der Waals surface area (Å²) < 4.78 is 29.0. The molecule has 6 rings (SSSR count). The minimum absolute atomic E-state index is 0.0462. The minimum Gasteiger partial charge on any atom is -0.481 e. The Bertz CT molecular complexity index is 1230. The lowest BCUT2D eigenvalue weighted by Gasteiger charge is -2.40. The largest absolute Gasteiger partial charge is 0.481 e. The van der Waals surface area contributed by atoms with Gasteiger partial charge in [0.05, 0.1) is 11.8 Å². The molecule has 1 aromatic rings. The van der Waals surface area contributed by atoms with Gasteiger partial charge in [-0.3, -0.25) is 14.5 Å². The summed E-state index contributed by atoms with van der Waals surface area (Å²) in [4.78, 5) is 29.9. The number of hydrogen-bond acceptors (Lipinski definition) is 6. The number of benzene rings is 1. The van der Waals surface area contributed by atoms with Gasteiger partial charge in [0.1, 0.15) is 4.90 Å². The molecule has 5 aliphatic rings. The lowest BCUT2D eigenvalue weighted by Crippen LogP contribution is -2.51. The molecule has 2 heterocycles. The van der Waals surface area contributed by atoms with Crippen LogP contribution in [0, 0.1) is 35.5 Å². The van der Waals surface area contributed by atoms with E-state index in [-0.39, 0.29) is 23.7 Å². The van der Waals surface area contributed by atoms with Crippen molar-refractivity contribution in [2.24, 2.45) is 39.9 Å². The first-order chi connectivity index (χ1) is 18.3. The predicted octanol–water partition coefficient (Wildman–Crippen LogP) is 2.42. The second-order valence-electron chi connectivity index (χ2n) is 11.9. The van der Waals surface area contributed by atoms with Crippen molar-refractivity contribution in [3.05, 3.63) is 29.8 Å². The van der Waals surface area contributed by atoms with E-state index in [2.05, 4.69) is 19.5 Å². The van der Waals surface area contributed by atoms with E-state index >= 15 is 0 Å². The molecule has 6 atom stereocenters. The number of piperazine rings is 1. The lowest BCUT2D eigenvalue weighted by molar-refractivity contribution is -0.149. The summed E-state index contributed by atoms with van der Waals surface area (Å²) in [5.41, 5.74) is 0.699. The van der Waals surface area contributed by atoms with E-state index in [1.165, 1.54) is 12.8 Å². The molecular weight excluding hydrogens is 504 g/mol. The molecular formula is C28H38N4O5S. The van der Waals surface area contributed by atoms with E-state index in [0.29, 0.717) is 34.7 Å². The van der Waals surface area contributed by atoms with Crippen LogP contribution in [-0.4, -0.2) is 80.3 Å². The van der Waals surface area contributed by atoms with E-state index in [1.54, 1.807) is 12.1 Å². The van der Waals surface area contributed by atoms with Crippen LogP contribution in [0.2, 0.25) is 0 Å². The van der Waals surface area contributed by atoms with E-state index in [1.807, 2.05) is 12.1 Å². The van der Waals surface area contributed by atoms with Gasteiger partial charge >= 0.3 is 5.97 Å². The Morgan fingerprint density at radius 2 is 1.63 bits per heavy atom. The van der Waals surface area contributed by atoms with E-state index < -0.39 is 21.9 Å². The van der Waals surface area contributed by atoms with Crippen LogP contribution in [0.25, 0.3) is 0 Å². The quantitative estimate of drug-likeness (QED) is 0.567. The van der Waals surface area contributed by atoms with Crippen LogP contribution in [0.5, 0.6) is 0 Å². The highest BCUT2D eigenvalue weighted by molar-refractivity contribution is 7.90. The monoisotopic (exact) mass is 542 g/mol. The molecule has 0 unspecified atom stereocenters. The molecule has 3 saturated carbocycles. The van der Waals surface area contributed by atoms with Crippen molar-refractivity contribution in [3.63, 3.8) is 0 Å². The zero-order chi connectivity index (χ0) is 26.4. The molecule has 1 aromatic carbocycles. The van der Waals surface area contributed by atoms with Gasteiger partial charge in [-0.1, -0.05) is 25.0 Å². The Kier molecular flexibility index (Phi) is 6.97. The van der Waals surface area contributed by atoms with Crippen LogP contribution in [0.1, 0.15) is 50.5 Å². The first-order valence-corrected chi connectivity index (χ1v) is 15.7. The number of fused-ring (bicyclic) bond motifs is 3. The van der Waals surface area contributed by atoms with Crippen LogP contribution in [0.15, 0.2) is 33.6 Å². The molecule has 3 aliphatic carbocycles. The Labute approximate surface area is 224 Å². The number of carboxylic acid groups (broad SMARTS) is 1. The molecule has 0 spiro atoms. The number of hydrogen-bond donors (Lipinski definition) is 2. The first kappa shape index (κ1) is 25.8. The Balaban J connectivity index is 1.03. The smallest absolute Gasteiger partial charge is 0.307 e. The molecule has 0 radical (unpaired) electrons. The number of amides is 1. The zero-order valence-electron chi connectivity index (χ0n) is 21.8. The fourth-order valence-corrected chi connectivity index (χ4v) is 9.19. The van der Waals surface area contributed by atoms with E-state index in [0.717, 1.165) is 64.8 Å². The number of nitrogens with one attached hydrogen (secondary N) is 1. The molecule has 2 aliphatic heterocycles. The molecule has 1 saturated heterocycles. The molecule has 2 bridgehead atoms. The predicted molar refractivity (Wildman–Crippen MR) is 142 cm³/mol. The second kappa shape index (κ2) is 10.3. The second-order valence-corrected chi connectivity index (χ2v) is 13.5. The zero-order valence-corrected chi connectivity index (χ0v) is 22.6. The summed E-state index contributed by atoms with van der Waals surface area (Å²) in [6.07, 6.45) is 7.42. The van der Waals surface area contributed by atoms with Crippen LogP contribution >= 0.6 is 0 Å². The summed E-state index contributed by atoms with van der Waals surface area (Å²) in [6, 6.07) is 7.05. The Morgan fingerprint density at radius 3 is 2.37 bits per heavy atom. The van der Waals surface area contributed by atoms with Crippen molar-refractivity contribution in [3.8, 4) is 0 Å². The van der Waals surface area contributed by atoms with Gasteiger partial charge < -0.3 is 15.3 Å². The third-order valence-electron chi connectivity index (χ3n) is 9.89. The molecule has 2 N–H and O–H groups in total. The topological polar surface area (TPSA) is 119 Å². The summed E-state index contributed by atoms with van der Waals surface area (Å²) in [7, 11) is -3.61. The molecule has 9 nitrogen and oxygen atoms in total. The van der Waals surface area contributed by atoms with Crippen molar-refractivity contribution in [1.29, 1.82) is 0 Å².